The smallest absolute Gasteiger partial charge is 0.0540 e. The number of aliphatic hydroxyl groups excluding tert-OH is 1. The summed E-state index contributed by atoms with van der Waals surface area (Å²) < 4.78 is 0. The van der Waals surface area contributed by atoms with Crippen molar-refractivity contribution in [3.8, 4) is 0 Å². The third-order valence-corrected chi connectivity index (χ3v) is 1.57. The molecular weight excluding hydrogens is 242 g/mol. The monoisotopic (exact) mass is 256 g/mol. The zero-order chi connectivity index (χ0) is 5.11. The van der Waals surface area contributed by atoms with Gasteiger partial charge in [-0.25, -0.2) is 0 Å². The summed E-state index contributed by atoms with van der Waals surface area (Å²) in [5, 5.41) is 8.91. The molecular formula is C6H15Cl3OTi. The molecule has 1 fully saturated rings. The molecule has 1 rings (SSSR count). The summed E-state index contributed by atoms with van der Waals surface area (Å²) in [6.45, 7) is 0. The normalized spacial score (nSPS) is 16.1. The van der Waals surface area contributed by atoms with E-state index in [1.807, 2.05) is 0 Å². The Balaban J connectivity index is -0.0000000612. The van der Waals surface area contributed by atoms with Crippen molar-refractivity contribution in [1.82, 2.24) is 0 Å². The Hall–Kier alpha value is 1.54. The van der Waals surface area contributed by atoms with Crippen LogP contribution in [-0.4, -0.2) is 11.2 Å². The Morgan fingerprint density at radius 3 is 1.36 bits per heavy atom. The minimum absolute atomic E-state index is 0. The quantitative estimate of drug-likeness (QED) is 0.661. The first-order chi connectivity index (χ1) is 3.39. The van der Waals surface area contributed by atoms with Crippen molar-refractivity contribution < 1.29 is 26.8 Å². The molecule has 0 amide bonds. The topological polar surface area (TPSA) is 20.2 Å². The van der Waals surface area contributed by atoms with Crippen LogP contribution in [0.15, 0.2) is 0 Å². The predicted octanol–water partition coefficient (Wildman–Crippen LogP) is 2.57. The van der Waals surface area contributed by atoms with E-state index in [9.17, 15) is 0 Å². The summed E-state index contributed by atoms with van der Waals surface area (Å²) in [7, 11) is 0. The van der Waals surface area contributed by atoms with E-state index in [-0.39, 0.29) is 65.0 Å². The Bertz CT molecular complexity index is 59.8. The van der Waals surface area contributed by atoms with E-state index in [1.165, 1.54) is 19.3 Å². The Kier molecular flexibility index (Phi) is 29.3. The third-order valence-electron chi connectivity index (χ3n) is 1.57. The van der Waals surface area contributed by atoms with Crippen LogP contribution in [0, 0.1) is 0 Å². The summed E-state index contributed by atoms with van der Waals surface area (Å²) >= 11 is 0. The number of halogens is 3. The molecule has 1 aliphatic carbocycles. The molecule has 0 unspecified atom stereocenters. The molecule has 70 valence electrons. The zero-order valence-electron chi connectivity index (χ0n) is 6.28. The van der Waals surface area contributed by atoms with E-state index in [0.29, 0.717) is 0 Å². The molecule has 0 aromatic heterocycles. The van der Waals surface area contributed by atoms with E-state index in [2.05, 4.69) is 0 Å². The summed E-state index contributed by atoms with van der Waals surface area (Å²) in [4.78, 5) is 0. The second kappa shape index (κ2) is 14.1. The van der Waals surface area contributed by atoms with Crippen LogP contribution in [0.3, 0.4) is 0 Å². The molecule has 0 heterocycles. The van der Waals surface area contributed by atoms with Crippen LogP contribution in [0.25, 0.3) is 0 Å². The van der Waals surface area contributed by atoms with Crippen molar-refractivity contribution in [2.75, 3.05) is 0 Å². The van der Waals surface area contributed by atoms with Crippen LogP contribution in [-0.2, 0) is 21.7 Å². The second-order valence-corrected chi connectivity index (χ2v) is 2.29. The first-order valence-electron chi connectivity index (χ1n) is 3.07. The number of hydrogen-bond acceptors (Lipinski definition) is 1. The molecule has 0 aliphatic heterocycles. The fourth-order valence-electron chi connectivity index (χ4n) is 1.08. The molecule has 1 nitrogen and oxygen atoms in total. The molecule has 1 aliphatic rings. The largest absolute Gasteiger partial charge is 0.393 e. The maximum absolute atomic E-state index is 8.91. The van der Waals surface area contributed by atoms with Crippen LogP contribution >= 0.6 is 37.2 Å². The summed E-state index contributed by atoms with van der Waals surface area (Å²) in [5.41, 5.74) is 0. The van der Waals surface area contributed by atoms with Crippen molar-refractivity contribution in [2.45, 2.75) is 38.2 Å². The van der Waals surface area contributed by atoms with E-state index in [1.54, 1.807) is 0 Å². The van der Waals surface area contributed by atoms with E-state index in [0.717, 1.165) is 12.8 Å². The van der Waals surface area contributed by atoms with Gasteiger partial charge in [0.25, 0.3) is 0 Å². The van der Waals surface area contributed by atoms with Gasteiger partial charge in [-0.15, -0.1) is 37.2 Å². The molecule has 1 N–H and O–H groups in total. The van der Waals surface area contributed by atoms with E-state index < -0.39 is 0 Å². The van der Waals surface area contributed by atoms with E-state index >= 15 is 0 Å². The van der Waals surface area contributed by atoms with Crippen LogP contribution in [0.1, 0.15) is 32.1 Å². The molecule has 0 spiro atoms. The fourth-order valence-corrected chi connectivity index (χ4v) is 1.08. The van der Waals surface area contributed by atoms with E-state index in [4.69, 9.17) is 5.11 Å². The van der Waals surface area contributed by atoms with Gasteiger partial charge in [0.05, 0.1) is 6.10 Å². The van der Waals surface area contributed by atoms with Crippen molar-refractivity contribution >= 4 is 37.2 Å². The molecule has 0 aromatic carbocycles. The van der Waals surface area contributed by atoms with Gasteiger partial charge in [-0.2, -0.15) is 0 Å². The van der Waals surface area contributed by atoms with Gasteiger partial charge >= 0.3 is 0 Å². The predicted molar refractivity (Wildman–Crippen MR) is 50.8 cm³/mol. The molecule has 0 saturated heterocycles. The molecule has 11 heavy (non-hydrogen) atoms. The van der Waals surface area contributed by atoms with Crippen LogP contribution in [0.2, 0.25) is 0 Å². The minimum atomic E-state index is 0. The maximum atomic E-state index is 8.91. The fraction of sp³-hybridized carbons (Fsp3) is 1.00. The first-order valence-corrected chi connectivity index (χ1v) is 3.07. The average Bonchev–Trinajstić information content (AvgIpc) is 1.69. The molecule has 5 heteroatoms. The van der Waals surface area contributed by atoms with Crippen molar-refractivity contribution in [3.05, 3.63) is 0 Å². The van der Waals surface area contributed by atoms with Crippen molar-refractivity contribution in [3.63, 3.8) is 0 Å². The van der Waals surface area contributed by atoms with Gasteiger partial charge in [0.2, 0.25) is 0 Å². The average molecular weight is 257 g/mol. The standard InChI is InChI=1S/C6H12O.3ClH.Ti/c7-6-4-2-1-3-5-6;;;;/h6-7H,1-5H2;3*1H;. The minimum Gasteiger partial charge on any atom is -0.393 e. The zero-order valence-corrected chi connectivity index (χ0v) is 10.3. The molecule has 0 radical (unpaired) electrons. The van der Waals surface area contributed by atoms with Crippen molar-refractivity contribution in [1.29, 1.82) is 0 Å². The van der Waals surface area contributed by atoms with Gasteiger partial charge < -0.3 is 5.11 Å². The Morgan fingerprint density at radius 2 is 1.18 bits per heavy atom. The number of aliphatic hydroxyl groups is 1. The summed E-state index contributed by atoms with van der Waals surface area (Å²) in [6.07, 6.45) is 5.92. The number of rotatable bonds is 0. The summed E-state index contributed by atoms with van der Waals surface area (Å²) in [5.74, 6) is 0. The third kappa shape index (κ3) is 11.5. The SMILES string of the molecule is Cl.Cl.Cl.OC1CCCCC1.[Ti]. The van der Waals surface area contributed by atoms with Gasteiger partial charge in [0.1, 0.15) is 0 Å². The molecule has 0 aromatic rings. The summed E-state index contributed by atoms with van der Waals surface area (Å²) in [6, 6.07) is 0. The first kappa shape index (κ1) is 22.9. The molecule has 0 atom stereocenters. The Labute approximate surface area is 102 Å². The van der Waals surface area contributed by atoms with Gasteiger partial charge in [-0.05, 0) is 12.8 Å². The maximum Gasteiger partial charge on any atom is 0.0540 e. The van der Waals surface area contributed by atoms with Gasteiger partial charge in [0, 0.05) is 21.7 Å². The number of hydrogen-bond donors (Lipinski definition) is 1. The Morgan fingerprint density at radius 1 is 0.818 bits per heavy atom. The van der Waals surface area contributed by atoms with Gasteiger partial charge in [0.15, 0.2) is 0 Å². The van der Waals surface area contributed by atoms with Crippen LogP contribution < -0.4 is 0 Å². The van der Waals surface area contributed by atoms with Crippen LogP contribution in [0.5, 0.6) is 0 Å². The molecule has 0 bridgehead atoms. The molecule has 1 saturated carbocycles. The van der Waals surface area contributed by atoms with Crippen LogP contribution in [0.4, 0.5) is 0 Å². The van der Waals surface area contributed by atoms with Gasteiger partial charge in [-0.3, -0.25) is 0 Å². The second-order valence-electron chi connectivity index (χ2n) is 2.29. The van der Waals surface area contributed by atoms with Crippen molar-refractivity contribution in [2.24, 2.45) is 0 Å². The van der Waals surface area contributed by atoms with Gasteiger partial charge in [-0.1, -0.05) is 19.3 Å².